The summed E-state index contributed by atoms with van der Waals surface area (Å²) in [4.78, 5) is 2.69. The van der Waals surface area contributed by atoms with E-state index in [4.69, 9.17) is 0 Å². The van der Waals surface area contributed by atoms with Crippen LogP contribution < -0.4 is 5.32 Å². The predicted molar refractivity (Wildman–Crippen MR) is 67.2 cm³/mol. The van der Waals surface area contributed by atoms with Crippen molar-refractivity contribution in [3.05, 3.63) is 0 Å². The van der Waals surface area contributed by atoms with Crippen molar-refractivity contribution in [3.8, 4) is 0 Å². The lowest BCUT2D eigenvalue weighted by atomic mass is 9.95. The SMILES string of the molecule is CCNC1CCN(C(CC)C(C)C)CC1. The lowest BCUT2D eigenvalue weighted by molar-refractivity contribution is 0.110. The van der Waals surface area contributed by atoms with Gasteiger partial charge < -0.3 is 10.2 Å². The molecule has 0 aliphatic carbocycles. The molecule has 0 aromatic carbocycles. The smallest absolute Gasteiger partial charge is 0.0116 e. The van der Waals surface area contributed by atoms with Gasteiger partial charge in [-0.25, -0.2) is 0 Å². The molecule has 0 aromatic rings. The van der Waals surface area contributed by atoms with Crippen molar-refractivity contribution < 1.29 is 0 Å². The first kappa shape index (κ1) is 13.0. The highest BCUT2D eigenvalue weighted by Gasteiger charge is 2.25. The maximum Gasteiger partial charge on any atom is 0.0116 e. The molecular formula is C13H28N2. The van der Waals surface area contributed by atoms with Crippen LogP contribution >= 0.6 is 0 Å². The lowest BCUT2D eigenvalue weighted by Crippen LogP contribution is -2.48. The van der Waals surface area contributed by atoms with E-state index in [1.807, 2.05) is 0 Å². The molecule has 2 nitrogen and oxygen atoms in total. The molecule has 1 aliphatic rings. The van der Waals surface area contributed by atoms with Crippen LogP contribution in [0.1, 0.15) is 47.0 Å². The van der Waals surface area contributed by atoms with Gasteiger partial charge in [0.2, 0.25) is 0 Å². The number of piperidine rings is 1. The van der Waals surface area contributed by atoms with Crippen molar-refractivity contribution in [1.29, 1.82) is 0 Å². The fraction of sp³-hybridized carbons (Fsp3) is 1.00. The zero-order valence-electron chi connectivity index (χ0n) is 10.9. The third-order valence-corrected chi connectivity index (χ3v) is 3.68. The maximum atomic E-state index is 3.56. The average molecular weight is 212 g/mol. The molecule has 0 radical (unpaired) electrons. The number of nitrogens with zero attached hydrogens (tertiary/aromatic N) is 1. The van der Waals surface area contributed by atoms with Gasteiger partial charge in [0, 0.05) is 12.1 Å². The van der Waals surface area contributed by atoms with Gasteiger partial charge in [0.1, 0.15) is 0 Å². The van der Waals surface area contributed by atoms with Crippen LogP contribution in [0.3, 0.4) is 0 Å². The van der Waals surface area contributed by atoms with E-state index in [9.17, 15) is 0 Å². The molecule has 1 N–H and O–H groups in total. The standard InChI is InChI=1S/C13H28N2/c1-5-13(11(3)4)15-9-7-12(8-10-15)14-6-2/h11-14H,5-10H2,1-4H3. The quantitative estimate of drug-likeness (QED) is 0.753. The molecule has 0 aromatic heterocycles. The Balaban J connectivity index is 2.35. The van der Waals surface area contributed by atoms with Crippen molar-refractivity contribution >= 4 is 0 Å². The van der Waals surface area contributed by atoms with Crippen molar-refractivity contribution in [2.24, 2.45) is 5.92 Å². The second-order valence-corrected chi connectivity index (χ2v) is 5.09. The summed E-state index contributed by atoms with van der Waals surface area (Å²) in [5, 5.41) is 3.56. The monoisotopic (exact) mass is 212 g/mol. The summed E-state index contributed by atoms with van der Waals surface area (Å²) in [6.45, 7) is 12.9. The average Bonchev–Trinajstić information content (AvgIpc) is 2.21. The summed E-state index contributed by atoms with van der Waals surface area (Å²) in [5.41, 5.74) is 0. The van der Waals surface area contributed by atoms with Gasteiger partial charge in [-0.1, -0.05) is 27.7 Å². The van der Waals surface area contributed by atoms with E-state index in [1.54, 1.807) is 0 Å². The third-order valence-electron chi connectivity index (χ3n) is 3.68. The van der Waals surface area contributed by atoms with Gasteiger partial charge in [-0.05, 0) is 44.8 Å². The largest absolute Gasteiger partial charge is 0.314 e. The van der Waals surface area contributed by atoms with Crippen LogP contribution in [0.4, 0.5) is 0 Å². The summed E-state index contributed by atoms with van der Waals surface area (Å²) in [6.07, 6.45) is 3.96. The van der Waals surface area contributed by atoms with Gasteiger partial charge in [-0.3, -0.25) is 0 Å². The van der Waals surface area contributed by atoms with Crippen LogP contribution in [0, 0.1) is 5.92 Å². The summed E-state index contributed by atoms with van der Waals surface area (Å²) >= 11 is 0. The Hall–Kier alpha value is -0.0800. The lowest BCUT2D eigenvalue weighted by Gasteiger charge is -2.39. The molecule has 1 aliphatic heterocycles. The Morgan fingerprint density at radius 3 is 2.20 bits per heavy atom. The van der Waals surface area contributed by atoms with Gasteiger partial charge in [0.05, 0.1) is 0 Å². The summed E-state index contributed by atoms with van der Waals surface area (Å²) in [6, 6.07) is 1.57. The Kier molecular flexibility index (Phi) is 5.62. The molecule has 1 fully saturated rings. The van der Waals surface area contributed by atoms with Crippen molar-refractivity contribution in [2.45, 2.75) is 59.0 Å². The molecule has 0 bridgehead atoms. The van der Waals surface area contributed by atoms with Crippen LogP contribution in [0.15, 0.2) is 0 Å². The second-order valence-electron chi connectivity index (χ2n) is 5.09. The summed E-state index contributed by atoms with van der Waals surface area (Å²) in [7, 11) is 0. The first-order chi connectivity index (χ1) is 7.19. The Morgan fingerprint density at radius 2 is 1.80 bits per heavy atom. The first-order valence-electron chi connectivity index (χ1n) is 6.66. The number of hydrogen-bond acceptors (Lipinski definition) is 2. The molecule has 0 saturated carbocycles. The molecule has 0 spiro atoms. The molecule has 90 valence electrons. The number of hydrogen-bond donors (Lipinski definition) is 1. The molecule has 1 unspecified atom stereocenters. The fourth-order valence-corrected chi connectivity index (χ4v) is 2.88. The molecular weight excluding hydrogens is 184 g/mol. The fourth-order valence-electron chi connectivity index (χ4n) is 2.88. The van der Waals surface area contributed by atoms with E-state index >= 15 is 0 Å². The third kappa shape index (κ3) is 3.76. The molecule has 1 rings (SSSR count). The normalized spacial score (nSPS) is 22.2. The van der Waals surface area contributed by atoms with Gasteiger partial charge >= 0.3 is 0 Å². The second kappa shape index (κ2) is 6.49. The van der Waals surface area contributed by atoms with Gasteiger partial charge in [-0.15, -0.1) is 0 Å². The molecule has 0 amide bonds. The molecule has 1 atom stereocenters. The van der Waals surface area contributed by atoms with Crippen LogP contribution in [-0.2, 0) is 0 Å². The number of likely N-dealkylation sites (tertiary alicyclic amines) is 1. The zero-order chi connectivity index (χ0) is 11.3. The first-order valence-corrected chi connectivity index (χ1v) is 6.66. The Bertz CT molecular complexity index is 160. The minimum Gasteiger partial charge on any atom is -0.314 e. The number of nitrogens with one attached hydrogen (secondary N) is 1. The molecule has 1 heterocycles. The van der Waals surface area contributed by atoms with Crippen molar-refractivity contribution in [2.75, 3.05) is 19.6 Å². The topological polar surface area (TPSA) is 15.3 Å². The van der Waals surface area contributed by atoms with E-state index in [0.29, 0.717) is 0 Å². The minimum atomic E-state index is 0.774. The molecule has 15 heavy (non-hydrogen) atoms. The van der Waals surface area contributed by atoms with E-state index in [1.165, 1.54) is 32.4 Å². The van der Waals surface area contributed by atoms with E-state index in [-0.39, 0.29) is 0 Å². The van der Waals surface area contributed by atoms with E-state index in [0.717, 1.165) is 24.5 Å². The Labute approximate surface area is 95.4 Å². The highest BCUT2D eigenvalue weighted by Crippen LogP contribution is 2.19. The zero-order valence-corrected chi connectivity index (χ0v) is 10.9. The maximum absolute atomic E-state index is 3.56. The van der Waals surface area contributed by atoms with Gasteiger partial charge in [0.25, 0.3) is 0 Å². The van der Waals surface area contributed by atoms with E-state index in [2.05, 4.69) is 37.9 Å². The van der Waals surface area contributed by atoms with Crippen LogP contribution in [0.25, 0.3) is 0 Å². The molecule has 2 heteroatoms. The van der Waals surface area contributed by atoms with Crippen LogP contribution in [-0.4, -0.2) is 36.6 Å². The summed E-state index contributed by atoms with van der Waals surface area (Å²) in [5.74, 6) is 0.797. The van der Waals surface area contributed by atoms with Gasteiger partial charge in [0.15, 0.2) is 0 Å². The van der Waals surface area contributed by atoms with E-state index < -0.39 is 0 Å². The van der Waals surface area contributed by atoms with Crippen molar-refractivity contribution in [3.63, 3.8) is 0 Å². The van der Waals surface area contributed by atoms with Crippen LogP contribution in [0.5, 0.6) is 0 Å². The predicted octanol–water partition coefficient (Wildman–Crippen LogP) is 2.49. The van der Waals surface area contributed by atoms with Crippen molar-refractivity contribution in [1.82, 2.24) is 10.2 Å². The highest BCUT2D eigenvalue weighted by molar-refractivity contribution is 4.82. The molecule has 1 saturated heterocycles. The summed E-state index contributed by atoms with van der Waals surface area (Å²) < 4.78 is 0. The minimum absolute atomic E-state index is 0.774. The number of rotatable bonds is 5. The van der Waals surface area contributed by atoms with Crippen LogP contribution in [0.2, 0.25) is 0 Å². The Morgan fingerprint density at radius 1 is 1.20 bits per heavy atom. The highest BCUT2D eigenvalue weighted by atomic mass is 15.2. The van der Waals surface area contributed by atoms with Gasteiger partial charge in [-0.2, -0.15) is 0 Å².